The van der Waals surface area contributed by atoms with Gasteiger partial charge < -0.3 is 9.84 Å². The van der Waals surface area contributed by atoms with Crippen LogP contribution in [-0.4, -0.2) is 41.5 Å². The van der Waals surface area contributed by atoms with Gasteiger partial charge in [0.25, 0.3) is 0 Å². The predicted molar refractivity (Wildman–Crippen MR) is 133 cm³/mol. The molecule has 0 unspecified atom stereocenters. The van der Waals surface area contributed by atoms with Crippen molar-refractivity contribution in [2.75, 3.05) is 5.32 Å². The molecule has 12 heteroatoms. The number of ketones is 1. The number of rotatable bonds is 8. The zero-order valence-corrected chi connectivity index (χ0v) is 20.8. The molecule has 0 saturated carbocycles. The van der Waals surface area contributed by atoms with Crippen molar-refractivity contribution in [1.82, 2.24) is 29.5 Å². The molecule has 0 atom stereocenters. The molecule has 5 rings (SSSR count). The van der Waals surface area contributed by atoms with Crippen LogP contribution in [-0.2, 0) is 30.1 Å². The molecule has 38 heavy (non-hydrogen) atoms. The third kappa shape index (κ3) is 4.89. The van der Waals surface area contributed by atoms with Gasteiger partial charge in [-0.15, -0.1) is 0 Å². The summed E-state index contributed by atoms with van der Waals surface area (Å²) in [5.74, 6) is -0.511. The Kier molecular flexibility index (Phi) is 6.25. The molecule has 0 saturated heterocycles. The third-order valence-corrected chi connectivity index (χ3v) is 6.30. The van der Waals surface area contributed by atoms with Crippen LogP contribution in [0, 0.1) is 0 Å². The maximum absolute atomic E-state index is 13.2. The van der Waals surface area contributed by atoms with E-state index in [-0.39, 0.29) is 30.1 Å². The minimum atomic E-state index is -4.50. The Labute approximate surface area is 215 Å². The lowest BCUT2D eigenvalue weighted by molar-refractivity contribution is -0.185. The summed E-state index contributed by atoms with van der Waals surface area (Å²) in [6.07, 6.45) is 2.45. The summed E-state index contributed by atoms with van der Waals surface area (Å²) < 4.78 is 48.0. The second kappa shape index (κ2) is 9.43. The Balaban J connectivity index is 1.27. The quantitative estimate of drug-likeness (QED) is 0.303. The van der Waals surface area contributed by atoms with E-state index < -0.39 is 11.6 Å². The van der Waals surface area contributed by atoms with Gasteiger partial charge in [-0.05, 0) is 25.5 Å². The summed E-state index contributed by atoms with van der Waals surface area (Å²) in [6, 6.07) is 10.4. The number of aromatic nitrogens is 6. The second-order valence-electron chi connectivity index (χ2n) is 9.55. The number of anilines is 2. The summed E-state index contributed by atoms with van der Waals surface area (Å²) in [5, 5.41) is 15.5. The summed E-state index contributed by atoms with van der Waals surface area (Å²) in [5.41, 5.74) is 2.61. The number of hydrogen-bond acceptors (Lipinski definition) is 7. The molecule has 0 radical (unpaired) electrons. The average molecular weight is 524 g/mol. The molecular weight excluding hydrogens is 499 g/mol. The first-order chi connectivity index (χ1) is 18.0. The Morgan fingerprint density at radius 2 is 1.82 bits per heavy atom. The lowest BCUT2D eigenvalue weighted by Crippen LogP contribution is -2.35. The smallest absolute Gasteiger partial charge is 0.360 e. The number of Topliss-reactive ketones (excluding diaryl/α,β-unsaturated/α-hetero) is 1. The highest BCUT2D eigenvalue weighted by atomic mass is 19.4. The zero-order chi connectivity index (χ0) is 27.1. The van der Waals surface area contributed by atoms with Crippen molar-refractivity contribution in [3.05, 3.63) is 78.2 Å². The Morgan fingerprint density at radius 3 is 2.50 bits per heavy atom. The number of imidazole rings is 1. The Hall–Kier alpha value is -4.48. The molecule has 0 amide bonds. The van der Waals surface area contributed by atoms with Crippen LogP contribution in [0.3, 0.4) is 0 Å². The Morgan fingerprint density at radius 1 is 1.05 bits per heavy atom. The minimum Gasteiger partial charge on any atom is -0.360 e. The molecule has 0 aliphatic carbocycles. The lowest BCUT2D eigenvalue weighted by atomic mass is 9.89. The van der Waals surface area contributed by atoms with Gasteiger partial charge in [0.05, 0.1) is 47.8 Å². The van der Waals surface area contributed by atoms with Crippen LogP contribution in [0.5, 0.6) is 0 Å². The van der Waals surface area contributed by atoms with Gasteiger partial charge >= 0.3 is 6.18 Å². The second-order valence-corrected chi connectivity index (χ2v) is 9.55. The number of carbonyl (C=O) groups excluding carboxylic acids is 1. The topological polar surface area (TPSA) is 103 Å². The van der Waals surface area contributed by atoms with Gasteiger partial charge in [0.15, 0.2) is 11.4 Å². The van der Waals surface area contributed by atoms with Crippen LogP contribution in [0.4, 0.5) is 24.5 Å². The standard InChI is InChI=1S/C26H24F3N7O2/c1-25(2,26(27,28)29)23-12-18(34-38-23)11-20(37)10-16-4-6-17(7-5-16)22-14-30-24-21(8-9-31-36(22)24)33-19-13-32-35(3)15-19/h4-9,12-15,33H,10-11H2,1-3H3. The molecule has 9 nitrogen and oxygen atoms in total. The molecule has 0 bridgehead atoms. The van der Waals surface area contributed by atoms with E-state index in [2.05, 4.69) is 25.7 Å². The first kappa shape index (κ1) is 25.2. The first-order valence-corrected chi connectivity index (χ1v) is 11.7. The number of carbonyl (C=O) groups is 1. The fraction of sp³-hybridized carbons (Fsp3) is 0.269. The number of halogens is 3. The van der Waals surface area contributed by atoms with Gasteiger partial charge in [-0.3, -0.25) is 9.48 Å². The number of hydrogen-bond donors (Lipinski definition) is 1. The van der Waals surface area contributed by atoms with E-state index in [0.29, 0.717) is 5.65 Å². The molecule has 5 aromatic rings. The summed E-state index contributed by atoms with van der Waals surface area (Å²) >= 11 is 0. The van der Waals surface area contributed by atoms with Crippen molar-refractivity contribution in [3.63, 3.8) is 0 Å². The van der Waals surface area contributed by atoms with Gasteiger partial charge in [0.1, 0.15) is 11.2 Å². The van der Waals surface area contributed by atoms with Crippen molar-refractivity contribution in [2.24, 2.45) is 7.05 Å². The monoisotopic (exact) mass is 523 g/mol. The minimum absolute atomic E-state index is 0.107. The van der Waals surface area contributed by atoms with Gasteiger partial charge in [0.2, 0.25) is 0 Å². The van der Waals surface area contributed by atoms with Crippen LogP contribution < -0.4 is 5.32 Å². The summed E-state index contributed by atoms with van der Waals surface area (Å²) in [6.45, 7) is 2.02. The van der Waals surface area contributed by atoms with Crippen molar-refractivity contribution < 1.29 is 22.5 Å². The molecule has 4 aromatic heterocycles. The van der Waals surface area contributed by atoms with Crippen molar-refractivity contribution in [2.45, 2.75) is 38.3 Å². The van der Waals surface area contributed by atoms with E-state index >= 15 is 0 Å². The molecule has 0 aliphatic rings. The third-order valence-electron chi connectivity index (χ3n) is 6.30. The molecule has 1 N–H and O–H groups in total. The molecule has 0 spiro atoms. The van der Waals surface area contributed by atoms with Crippen molar-refractivity contribution in [3.8, 4) is 11.3 Å². The van der Waals surface area contributed by atoms with E-state index in [4.69, 9.17) is 4.52 Å². The molecule has 0 aliphatic heterocycles. The number of alkyl halides is 3. The number of aryl methyl sites for hydroxylation is 1. The van der Waals surface area contributed by atoms with Gasteiger partial charge in [-0.25, -0.2) is 9.50 Å². The number of nitrogens with zero attached hydrogens (tertiary/aromatic N) is 6. The van der Waals surface area contributed by atoms with Crippen LogP contribution in [0.25, 0.3) is 16.9 Å². The van der Waals surface area contributed by atoms with Crippen LogP contribution in [0.15, 0.2) is 65.7 Å². The highest BCUT2D eigenvalue weighted by molar-refractivity contribution is 5.83. The fourth-order valence-corrected chi connectivity index (χ4v) is 3.95. The predicted octanol–water partition coefficient (Wildman–Crippen LogP) is 5.06. The molecular formula is C26H24F3N7O2. The van der Waals surface area contributed by atoms with E-state index in [9.17, 15) is 18.0 Å². The van der Waals surface area contributed by atoms with Crippen LogP contribution >= 0.6 is 0 Å². The van der Waals surface area contributed by atoms with Gasteiger partial charge in [0, 0.05) is 31.3 Å². The maximum Gasteiger partial charge on any atom is 0.401 e. The lowest BCUT2D eigenvalue weighted by Gasteiger charge is -2.24. The summed E-state index contributed by atoms with van der Waals surface area (Å²) in [7, 11) is 1.83. The molecule has 1 aromatic carbocycles. The molecule has 0 fully saturated rings. The zero-order valence-electron chi connectivity index (χ0n) is 20.8. The van der Waals surface area contributed by atoms with Crippen molar-refractivity contribution >= 4 is 22.8 Å². The highest BCUT2D eigenvalue weighted by Gasteiger charge is 2.51. The van der Waals surface area contributed by atoms with E-state index in [1.54, 1.807) is 27.8 Å². The fourth-order valence-electron chi connectivity index (χ4n) is 3.95. The van der Waals surface area contributed by atoms with E-state index in [1.165, 1.54) is 6.07 Å². The Bertz CT molecular complexity index is 1600. The van der Waals surface area contributed by atoms with E-state index in [0.717, 1.165) is 42.0 Å². The van der Waals surface area contributed by atoms with Crippen LogP contribution in [0.1, 0.15) is 30.9 Å². The highest BCUT2D eigenvalue weighted by Crippen LogP contribution is 2.40. The molecule has 4 heterocycles. The largest absolute Gasteiger partial charge is 0.401 e. The normalized spacial score (nSPS) is 12.3. The maximum atomic E-state index is 13.2. The van der Waals surface area contributed by atoms with Gasteiger partial charge in [-0.2, -0.15) is 23.4 Å². The number of benzene rings is 1. The number of nitrogens with one attached hydrogen (secondary N) is 1. The summed E-state index contributed by atoms with van der Waals surface area (Å²) in [4.78, 5) is 17.1. The van der Waals surface area contributed by atoms with Gasteiger partial charge in [-0.1, -0.05) is 29.4 Å². The molecule has 196 valence electrons. The van der Waals surface area contributed by atoms with E-state index in [1.807, 2.05) is 43.6 Å². The first-order valence-electron chi connectivity index (χ1n) is 11.7. The van der Waals surface area contributed by atoms with Crippen LogP contribution in [0.2, 0.25) is 0 Å². The SMILES string of the molecule is Cn1cc(Nc2ccnn3c(-c4ccc(CC(=O)Cc5cc(C(C)(C)C(F)(F)F)on5)cc4)cnc23)cn1. The number of fused-ring (bicyclic) bond motifs is 1. The average Bonchev–Trinajstić information content (AvgIpc) is 3.59. The van der Waals surface area contributed by atoms with Crippen molar-refractivity contribution in [1.29, 1.82) is 0 Å².